The molecule has 2 heterocycles. The predicted octanol–water partition coefficient (Wildman–Crippen LogP) is 8.09. The molecule has 0 N–H and O–H groups in total. The maximum absolute atomic E-state index is 5.79. The van der Waals surface area contributed by atoms with Gasteiger partial charge in [-0.05, 0) is 77.0 Å². The second-order valence-electron chi connectivity index (χ2n) is 9.63. The van der Waals surface area contributed by atoms with Crippen molar-refractivity contribution in [1.29, 1.82) is 0 Å². The maximum Gasteiger partial charge on any atom is 0.157 e. The van der Waals surface area contributed by atoms with Crippen molar-refractivity contribution in [3.63, 3.8) is 0 Å². The Morgan fingerprint density at radius 1 is 0.500 bits per heavy atom. The van der Waals surface area contributed by atoms with E-state index in [0.717, 1.165) is 39.3 Å². The molecule has 4 nitrogen and oxygen atoms in total. The van der Waals surface area contributed by atoms with Gasteiger partial charge in [0.25, 0.3) is 0 Å². The molecular formula is C28H52O4. The Kier molecular flexibility index (Phi) is 18.4. The highest BCUT2D eigenvalue weighted by atomic mass is 16.7. The van der Waals surface area contributed by atoms with Crippen molar-refractivity contribution in [1.82, 2.24) is 0 Å². The Hall–Kier alpha value is -0.420. The fourth-order valence-electron chi connectivity index (χ4n) is 4.49. The molecule has 0 radical (unpaired) electrons. The van der Waals surface area contributed by atoms with Crippen LogP contribution in [-0.4, -0.2) is 39.0 Å². The second kappa shape index (κ2) is 21.1. The standard InChI is InChI=1S/C28H52O4/c1(3-5-7-9-11-13-17-23-29-27-21-15-19-25-31-27)2-4-6-8-10-12-14-18-24-30-28-22-16-20-26-32-28/h1-2,27-28H,3-26H2/b2-1-. The molecule has 0 aromatic heterocycles. The van der Waals surface area contributed by atoms with Gasteiger partial charge in [0.2, 0.25) is 0 Å². The zero-order valence-corrected chi connectivity index (χ0v) is 20.9. The van der Waals surface area contributed by atoms with Gasteiger partial charge in [-0.3, -0.25) is 0 Å². The summed E-state index contributed by atoms with van der Waals surface area (Å²) in [6, 6.07) is 0. The predicted molar refractivity (Wildman–Crippen MR) is 133 cm³/mol. The molecule has 2 fully saturated rings. The van der Waals surface area contributed by atoms with Gasteiger partial charge in [-0.25, -0.2) is 0 Å². The van der Waals surface area contributed by atoms with Gasteiger partial charge in [-0.1, -0.05) is 63.5 Å². The van der Waals surface area contributed by atoms with Crippen LogP contribution in [0.3, 0.4) is 0 Å². The van der Waals surface area contributed by atoms with Crippen LogP contribution < -0.4 is 0 Å². The quantitative estimate of drug-likeness (QED) is 0.138. The first-order valence-corrected chi connectivity index (χ1v) is 14.1. The molecule has 0 amide bonds. The zero-order chi connectivity index (χ0) is 22.4. The molecule has 2 saturated heterocycles. The minimum Gasteiger partial charge on any atom is -0.353 e. The summed E-state index contributed by atoms with van der Waals surface area (Å²) in [5.41, 5.74) is 0. The smallest absolute Gasteiger partial charge is 0.157 e. The summed E-state index contributed by atoms with van der Waals surface area (Å²) >= 11 is 0. The minimum atomic E-state index is 0.0854. The largest absolute Gasteiger partial charge is 0.353 e. The Labute approximate surface area is 198 Å². The first-order chi connectivity index (χ1) is 15.9. The number of unbranched alkanes of at least 4 members (excludes halogenated alkanes) is 12. The highest BCUT2D eigenvalue weighted by Crippen LogP contribution is 2.16. The Morgan fingerprint density at radius 2 is 0.906 bits per heavy atom. The van der Waals surface area contributed by atoms with Gasteiger partial charge in [0.1, 0.15) is 0 Å². The summed E-state index contributed by atoms with van der Waals surface area (Å²) in [4.78, 5) is 0. The number of hydrogen-bond donors (Lipinski definition) is 0. The molecule has 188 valence electrons. The van der Waals surface area contributed by atoms with Gasteiger partial charge in [-0.15, -0.1) is 0 Å². The summed E-state index contributed by atoms with van der Waals surface area (Å²) < 4.78 is 22.8. The van der Waals surface area contributed by atoms with Gasteiger partial charge in [0.15, 0.2) is 12.6 Å². The van der Waals surface area contributed by atoms with Crippen LogP contribution in [0.2, 0.25) is 0 Å². The average Bonchev–Trinajstić information content (AvgIpc) is 2.84. The molecule has 2 atom stereocenters. The molecule has 0 aliphatic carbocycles. The van der Waals surface area contributed by atoms with E-state index >= 15 is 0 Å². The SMILES string of the molecule is C(=C/CCCCCCCCOC1CCCCO1)/CCCCCCCCOC1CCCCO1. The van der Waals surface area contributed by atoms with Crippen molar-refractivity contribution < 1.29 is 18.9 Å². The van der Waals surface area contributed by atoms with Crippen LogP contribution in [0.5, 0.6) is 0 Å². The molecule has 2 rings (SSSR count). The third kappa shape index (κ3) is 16.2. The van der Waals surface area contributed by atoms with Crippen molar-refractivity contribution in [2.75, 3.05) is 26.4 Å². The van der Waals surface area contributed by atoms with Crippen LogP contribution in [0.1, 0.15) is 128 Å². The van der Waals surface area contributed by atoms with E-state index in [1.807, 2.05) is 0 Å². The Morgan fingerprint density at radius 3 is 1.31 bits per heavy atom. The lowest BCUT2D eigenvalue weighted by molar-refractivity contribution is -0.163. The third-order valence-corrected chi connectivity index (χ3v) is 6.58. The molecule has 32 heavy (non-hydrogen) atoms. The first-order valence-electron chi connectivity index (χ1n) is 14.1. The lowest BCUT2D eigenvalue weighted by Crippen LogP contribution is -2.22. The van der Waals surface area contributed by atoms with Gasteiger partial charge in [0, 0.05) is 26.4 Å². The lowest BCUT2D eigenvalue weighted by Gasteiger charge is -2.22. The molecule has 2 aliphatic heterocycles. The summed E-state index contributed by atoms with van der Waals surface area (Å²) in [6.07, 6.45) is 30.4. The van der Waals surface area contributed by atoms with Crippen LogP contribution in [0.25, 0.3) is 0 Å². The Balaban J connectivity index is 1.20. The topological polar surface area (TPSA) is 36.9 Å². The molecule has 4 heteroatoms. The average molecular weight is 453 g/mol. The van der Waals surface area contributed by atoms with Crippen molar-refractivity contribution in [3.05, 3.63) is 12.2 Å². The highest BCUT2D eigenvalue weighted by Gasteiger charge is 2.14. The molecule has 2 aliphatic rings. The Bertz CT molecular complexity index is 376. The van der Waals surface area contributed by atoms with Crippen molar-refractivity contribution in [2.45, 2.75) is 141 Å². The van der Waals surface area contributed by atoms with E-state index in [0.29, 0.717) is 0 Å². The minimum absolute atomic E-state index is 0.0854. The fourth-order valence-corrected chi connectivity index (χ4v) is 4.49. The number of rotatable bonds is 20. The van der Waals surface area contributed by atoms with Crippen molar-refractivity contribution in [2.24, 2.45) is 0 Å². The van der Waals surface area contributed by atoms with Crippen LogP contribution in [0, 0.1) is 0 Å². The fraction of sp³-hybridized carbons (Fsp3) is 0.929. The monoisotopic (exact) mass is 452 g/mol. The van der Waals surface area contributed by atoms with Gasteiger partial charge >= 0.3 is 0 Å². The number of ether oxygens (including phenoxy) is 4. The zero-order valence-electron chi connectivity index (χ0n) is 20.9. The van der Waals surface area contributed by atoms with Gasteiger partial charge in [0.05, 0.1) is 0 Å². The molecular weight excluding hydrogens is 400 g/mol. The van der Waals surface area contributed by atoms with Gasteiger partial charge in [-0.2, -0.15) is 0 Å². The normalized spacial score (nSPS) is 22.0. The highest BCUT2D eigenvalue weighted by molar-refractivity contribution is 4.81. The summed E-state index contributed by atoms with van der Waals surface area (Å²) in [6.45, 7) is 3.51. The number of allylic oxidation sites excluding steroid dienone is 2. The van der Waals surface area contributed by atoms with E-state index in [2.05, 4.69) is 12.2 Å². The van der Waals surface area contributed by atoms with E-state index in [9.17, 15) is 0 Å². The molecule has 0 spiro atoms. The van der Waals surface area contributed by atoms with Crippen LogP contribution in [-0.2, 0) is 18.9 Å². The second-order valence-corrected chi connectivity index (χ2v) is 9.63. The van der Waals surface area contributed by atoms with E-state index in [4.69, 9.17) is 18.9 Å². The first kappa shape index (κ1) is 27.8. The summed E-state index contributed by atoms with van der Waals surface area (Å²) in [7, 11) is 0. The van der Waals surface area contributed by atoms with Crippen LogP contribution >= 0.6 is 0 Å². The van der Waals surface area contributed by atoms with E-state index in [1.54, 1.807) is 0 Å². The molecule has 0 bridgehead atoms. The van der Waals surface area contributed by atoms with E-state index < -0.39 is 0 Å². The number of hydrogen-bond acceptors (Lipinski definition) is 4. The summed E-state index contributed by atoms with van der Waals surface area (Å²) in [5.74, 6) is 0. The van der Waals surface area contributed by atoms with Gasteiger partial charge < -0.3 is 18.9 Å². The summed E-state index contributed by atoms with van der Waals surface area (Å²) in [5, 5.41) is 0. The maximum atomic E-state index is 5.79. The van der Waals surface area contributed by atoms with Crippen molar-refractivity contribution >= 4 is 0 Å². The molecule has 0 saturated carbocycles. The van der Waals surface area contributed by atoms with Crippen molar-refractivity contribution in [3.8, 4) is 0 Å². The van der Waals surface area contributed by atoms with E-state index in [1.165, 1.54) is 116 Å². The van der Waals surface area contributed by atoms with Crippen LogP contribution in [0.4, 0.5) is 0 Å². The molecule has 0 aromatic carbocycles. The van der Waals surface area contributed by atoms with E-state index in [-0.39, 0.29) is 12.6 Å². The molecule has 0 aromatic rings. The molecule has 2 unspecified atom stereocenters. The van der Waals surface area contributed by atoms with Crippen LogP contribution in [0.15, 0.2) is 12.2 Å². The lowest BCUT2D eigenvalue weighted by atomic mass is 10.1. The third-order valence-electron chi connectivity index (χ3n) is 6.58.